The predicted octanol–water partition coefficient (Wildman–Crippen LogP) is 0.736. The topological polar surface area (TPSA) is 53.7 Å². The lowest BCUT2D eigenvalue weighted by molar-refractivity contribution is 0.125. The summed E-state index contributed by atoms with van der Waals surface area (Å²) in [5, 5.41) is 5.37. The Kier molecular flexibility index (Phi) is 10.1. The molecular formula is C6H19NO3Si. The van der Waals surface area contributed by atoms with E-state index in [0.717, 1.165) is 0 Å². The second kappa shape index (κ2) is 8.16. The molecule has 0 aliphatic heterocycles. The van der Waals surface area contributed by atoms with Crippen molar-refractivity contribution in [1.29, 1.82) is 0 Å². The molecule has 0 rings (SSSR count). The fourth-order valence-electron chi connectivity index (χ4n) is 0.250. The summed E-state index contributed by atoms with van der Waals surface area (Å²) in [5.74, 6) is 0. The Morgan fingerprint density at radius 1 is 1.00 bits per heavy atom. The first-order valence-electron chi connectivity index (χ1n) is 3.54. The molecule has 4 nitrogen and oxygen atoms in total. The van der Waals surface area contributed by atoms with E-state index in [9.17, 15) is 0 Å². The molecule has 2 N–H and O–H groups in total. The Hall–Kier alpha value is 0.0569. The minimum absolute atomic E-state index is 1.25. The van der Waals surface area contributed by atoms with Crippen LogP contribution in [0.15, 0.2) is 0 Å². The maximum absolute atomic E-state index is 5.37. The largest absolute Gasteiger partial charge is 0.593 e. The summed E-state index contributed by atoms with van der Waals surface area (Å²) >= 11 is 0. The van der Waals surface area contributed by atoms with Gasteiger partial charge in [-0.2, -0.15) is 0 Å². The average Bonchev–Trinajstić information content (AvgIpc) is 2.05. The highest BCUT2D eigenvalue weighted by Gasteiger charge is 2.32. The first kappa shape index (κ1) is 13.6. The van der Waals surface area contributed by atoms with E-state index in [0.29, 0.717) is 0 Å². The van der Waals surface area contributed by atoms with Gasteiger partial charge in [-0.15, -0.1) is 0 Å². The molecular weight excluding hydrogens is 162 g/mol. The van der Waals surface area contributed by atoms with Crippen LogP contribution >= 0.6 is 0 Å². The Morgan fingerprint density at radius 3 is 1.18 bits per heavy atom. The summed E-state index contributed by atoms with van der Waals surface area (Å²) in [6.07, 6.45) is 1.25. The van der Waals surface area contributed by atoms with Gasteiger partial charge in [0.1, 0.15) is 0 Å². The molecule has 0 aromatic rings. The van der Waals surface area contributed by atoms with Gasteiger partial charge in [0, 0.05) is 21.3 Å². The quantitative estimate of drug-likeness (QED) is 0.652. The molecule has 0 heterocycles. The van der Waals surface area contributed by atoms with Gasteiger partial charge in [0.05, 0.1) is 0 Å². The molecule has 0 bridgehead atoms. The van der Waals surface area contributed by atoms with Crippen molar-refractivity contribution in [2.75, 3.05) is 21.3 Å². The van der Waals surface area contributed by atoms with Crippen molar-refractivity contribution in [2.24, 2.45) is 5.40 Å². The Bertz CT molecular complexity index is 70.0. The fraction of sp³-hybridized carbons (Fsp3) is 1.00. The molecule has 0 fully saturated rings. The van der Waals surface area contributed by atoms with Crippen molar-refractivity contribution in [3.63, 3.8) is 0 Å². The third-order valence-electron chi connectivity index (χ3n) is 0.854. The Balaban J connectivity index is 0. The SMILES string of the molecule is CCC.CO[Si](N)(OC)OC. The number of nitrogens with two attached hydrogens (primary N) is 1. The minimum Gasteiger partial charge on any atom is -0.365 e. The highest BCUT2D eigenvalue weighted by Crippen LogP contribution is 1.93. The monoisotopic (exact) mass is 181 g/mol. The van der Waals surface area contributed by atoms with Crippen molar-refractivity contribution in [3.8, 4) is 0 Å². The summed E-state index contributed by atoms with van der Waals surface area (Å²) in [7, 11) is 1.70. The molecule has 0 aliphatic rings. The van der Waals surface area contributed by atoms with Crippen molar-refractivity contribution in [3.05, 3.63) is 0 Å². The lowest BCUT2D eigenvalue weighted by Crippen LogP contribution is -2.52. The van der Waals surface area contributed by atoms with Crippen LogP contribution in [0, 0.1) is 0 Å². The standard InChI is InChI=1S/C3H11NO3Si.C3H8/c1-5-8(4,6-2)7-3;1-3-2/h4H2,1-3H3;3H2,1-2H3. The molecule has 0 aromatic carbocycles. The Labute approximate surface area is 70.1 Å². The zero-order valence-electron chi connectivity index (χ0n) is 8.01. The van der Waals surface area contributed by atoms with Crippen molar-refractivity contribution in [1.82, 2.24) is 0 Å². The smallest absolute Gasteiger partial charge is 0.365 e. The maximum atomic E-state index is 5.37. The zero-order valence-corrected chi connectivity index (χ0v) is 9.01. The van der Waals surface area contributed by atoms with Crippen molar-refractivity contribution >= 4 is 8.97 Å². The maximum Gasteiger partial charge on any atom is 0.593 e. The second-order valence-corrected chi connectivity index (χ2v) is 4.35. The molecule has 5 heteroatoms. The van der Waals surface area contributed by atoms with E-state index in [4.69, 9.17) is 18.7 Å². The van der Waals surface area contributed by atoms with Crippen LogP contribution in [0.3, 0.4) is 0 Å². The molecule has 70 valence electrons. The first-order valence-corrected chi connectivity index (χ1v) is 5.34. The third-order valence-corrected chi connectivity index (χ3v) is 2.56. The van der Waals surface area contributed by atoms with E-state index >= 15 is 0 Å². The molecule has 0 amide bonds. The minimum atomic E-state index is -2.67. The van der Waals surface area contributed by atoms with Crippen molar-refractivity contribution < 1.29 is 13.3 Å². The highest BCUT2D eigenvalue weighted by molar-refractivity contribution is 6.56. The normalized spacial score (nSPS) is 10.4. The van der Waals surface area contributed by atoms with E-state index in [1.807, 2.05) is 0 Å². The molecule has 0 spiro atoms. The lowest BCUT2D eigenvalue weighted by Gasteiger charge is -2.17. The van der Waals surface area contributed by atoms with Gasteiger partial charge < -0.3 is 13.3 Å². The summed E-state index contributed by atoms with van der Waals surface area (Å²) in [5.41, 5.74) is 0. The Morgan fingerprint density at radius 2 is 1.18 bits per heavy atom. The highest BCUT2D eigenvalue weighted by atomic mass is 28.4. The van der Waals surface area contributed by atoms with Gasteiger partial charge in [0.25, 0.3) is 0 Å². The van der Waals surface area contributed by atoms with Crippen LogP contribution < -0.4 is 5.40 Å². The molecule has 0 radical (unpaired) electrons. The van der Waals surface area contributed by atoms with Gasteiger partial charge in [-0.3, -0.25) is 5.40 Å². The molecule has 0 aromatic heterocycles. The molecule has 0 atom stereocenters. The van der Waals surface area contributed by atoms with E-state index in [1.165, 1.54) is 27.8 Å². The van der Waals surface area contributed by atoms with E-state index in [1.54, 1.807) is 0 Å². The molecule has 0 aliphatic carbocycles. The van der Waals surface area contributed by atoms with Gasteiger partial charge in [-0.25, -0.2) is 0 Å². The van der Waals surface area contributed by atoms with Crippen LogP contribution in [0.1, 0.15) is 20.3 Å². The zero-order chi connectivity index (χ0) is 9.33. The van der Waals surface area contributed by atoms with Gasteiger partial charge >= 0.3 is 8.97 Å². The first-order chi connectivity index (χ1) is 5.10. The van der Waals surface area contributed by atoms with Crippen LogP contribution in [0.25, 0.3) is 0 Å². The van der Waals surface area contributed by atoms with E-state index in [2.05, 4.69) is 13.8 Å². The molecule has 11 heavy (non-hydrogen) atoms. The van der Waals surface area contributed by atoms with Crippen LogP contribution in [0.5, 0.6) is 0 Å². The van der Waals surface area contributed by atoms with Crippen LogP contribution in [-0.2, 0) is 13.3 Å². The van der Waals surface area contributed by atoms with Crippen LogP contribution in [-0.4, -0.2) is 30.3 Å². The number of hydrogen-bond acceptors (Lipinski definition) is 4. The average molecular weight is 181 g/mol. The van der Waals surface area contributed by atoms with Crippen molar-refractivity contribution in [2.45, 2.75) is 20.3 Å². The predicted molar refractivity (Wildman–Crippen MR) is 46.9 cm³/mol. The van der Waals surface area contributed by atoms with Gasteiger partial charge in [-0.05, 0) is 0 Å². The summed E-state index contributed by atoms with van der Waals surface area (Å²) in [4.78, 5) is 0. The third kappa shape index (κ3) is 7.96. The fourth-order valence-corrected chi connectivity index (χ4v) is 0.750. The summed E-state index contributed by atoms with van der Waals surface area (Å²) < 4.78 is 14.1. The number of rotatable bonds is 3. The summed E-state index contributed by atoms with van der Waals surface area (Å²) in [6, 6.07) is 0. The summed E-state index contributed by atoms with van der Waals surface area (Å²) in [6.45, 7) is 4.25. The van der Waals surface area contributed by atoms with Crippen LogP contribution in [0.2, 0.25) is 0 Å². The van der Waals surface area contributed by atoms with Gasteiger partial charge in [0.15, 0.2) is 0 Å². The number of hydrogen-bond donors (Lipinski definition) is 1. The molecule has 0 saturated heterocycles. The van der Waals surface area contributed by atoms with E-state index in [-0.39, 0.29) is 0 Å². The van der Waals surface area contributed by atoms with Crippen LogP contribution in [0.4, 0.5) is 0 Å². The molecule has 0 saturated carbocycles. The second-order valence-electron chi connectivity index (χ2n) is 1.92. The van der Waals surface area contributed by atoms with Gasteiger partial charge in [-0.1, -0.05) is 20.3 Å². The van der Waals surface area contributed by atoms with Gasteiger partial charge in [0.2, 0.25) is 0 Å². The van der Waals surface area contributed by atoms with E-state index < -0.39 is 8.97 Å². The molecule has 0 unspecified atom stereocenters. The lowest BCUT2D eigenvalue weighted by atomic mass is 10.6.